The van der Waals surface area contributed by atoms with Gasteiger partial charge in [-0.1, -0.05) is 6.08 Å². The summed E-state index contributed by atoms with van der Waals surface area (Å²) in [4.78, 5) is 11.8. The average molecular weight is 151 g/mol. The van der Waals surface area contributed by atoms with Crippen molar-refractivity contribution < 1.29 is 4.79 Å². The number of hydrogen-bond acceptors (Lipinski definition) is 3. The third kappa shape index (κ3) is 1.01. The minimum atomic E-state index is 0.409. The lowest BCUT2D eigenvalue weighted by molar-refractivity contribution is -0.114. The van der Waals surface area contributed by atoms with E-state index < -0.39 is 0 Å². The van der Waals surface area contributed by atoms with Crippen LogP contribution in [0.1, 0.15) is 0 Å². The fraction of sp³-hybridized carbons (Fsp3) is 0.286. The number of fused-ring (bicyclic) bond motifs is 1. The van der Waals surface area contributed by atoms with E-state index in [1.807, 2.05) is 6.08 Å². The molecule has 58 valence electrons. The van der Waals surface area contributed by atoms with Gasteiger partial charge in [-0.3, -0.25) is 9.69 Å². The predicted octanol–water partition coefficient (Wildman–Crippen LogP) is -0.463. The van der Waals surface area contributed by atoms with Crippen molar-refractivity contribution >= 4 is 6.41 Å². The molecule has 2 aliphatic rings. The first-order valence-electron chi connectivity index (χ1n) is 3.52. The SMILES string of the molecule is O=CN1C=CC2CNNC2=C1. The quantitative estimate of drug-likeness (QED) is 0.498. The van der Waals surface area contributed by atoms with E-state index in [9.17, 15) is 4.79 Å². The van der Waals surface area contributed by atoms with Crippen LogP contribution >= 0.6 is 0 Å². The number of carbonyl (C=O) groups excluding carboxylic acids is 1. The summed E-state index contributed by atoms with van der Waals surface area (Å²) >= 11 is 0. The fourth-order valence-electron chi connectivity index (χ4n) is 1.24. The highest BCUT2D eigenvalue weighted by atomic mass is 16.1. The maximum absolute atomic E-state index is 10.3. The molecule has 0 aromatic rings. The molecule has 2 rings (SSSR count). The maximum Gasteiger partial charge on any atom is 0.217 e. The molecule has 2 N–H and O–H groups in total. The lowest BCUT2D eigenvalue weighted by Gasteiger charge is -2.15. The number of hydrazine groups is 1. The van der Waals surface area contributed by atoms with Crippen molar-refractivity contribution in [1.82, 2.24) is 15.8 Å². The van der Waals surface area contributed by atoms with Gasteiger partial charge in [-0.15, -0.1) is 0 Å². The largest absolute Gasteiger partial charge is 0.323 e. The zero-order valence-corrected chi connectivity index (χ0v) is 5.95. The van der Waals surface area contributed by atoms with Crippen LogP contribution in [0.5, 0.6) is 0 Å². The van der Waals surface area contributed by atoms with Gasteiger partial charge in [0.15, 0.2) is 0 Å². The molecule has 0 aliphatic carbocycles. The topological polar surface area (TPSA) is 44.4 Å². The molecule has 4 nitrogen and oxygen atoms in total. The summed E-state index contributed by atoms with van der Waals surface area (Å²) in [5, 5.41) is 0. The van der Waals surface area contributed by atoms with Crippen molar-refractivity contribution in [3.63, 3.8) is 0 Å². The van der Waals surface area contributed by atoms with Gasteiger partial charge >= 0.3 is 0 Å². The Hall–Kier alpha value is -1.29. The van der Waals surface area contributed by atoms with Crippen LogP contribution in [0.4, 0.5) is 0 Å². The molecule has 0 spiro atoms. The molecule has 1 saturated heterocycles. The number of rotatable bonds is 1. The van der Waals surface area contributed by atoms with Crippen molar-refractivity contribution in [1.29, 1.82) is 0 Å². The average Bonchev–Trinajstić information content (AvgIpc) is 2.50. The molecular weight excluding hydrogens is 142 g/mol. The Balaban J connectivity index is 2.21. The number of nitrogens with zero attached hydrogens (tertiary/aromatic N) is 1. The first-order valence-corrected chi connectivity index (χ1v) is 3.52. The predicted molar refractivity (Wildman–Crippen MR) is 39.8 cm³/mol. The number of hydrogen-bond donors (Lipinski definition) is 2. The molecular formula is C7H9N3O. The van der Waals surface area contributed by atoms with Crippen LogP contribution in [-0.4, -0.2) is 17.9 Å². The van der Waals surface area contributed by atoms with E-state index in [2.05, 4.69) is 10.9 Å². The molecule has 1 atom stereocenters. The molecule has 2 heterocycles. The van der Waals surface area contributed by atoms with E-state index in [4.69, 9.17) is 0 Å². The van der Waals surface area contributed by atoms with Crippen LogP contribution in [0.25, 0.3) is 0 Å². The highest BCUT2D eigenvalue weighted by Crippen LogP contribution is 2.17. The highest BCUT2D eigenvalue weighted by Gasteiger charge is 2.20. The molecule has 1 fully saturated rings. The summed E-state index contributed by atoms with van der Waals surface area (Å²) in [6.45, 7) is 0.898. The molecule has 0 aromatic carbocycles. The first kappa shape index (κ1) is 6.42. The van der Waals surface area contributed by atoms with Crippen LogP contribution in [0.2, 0.25) is 0 Å². The highest BCUT2D eigenvalue weighted by molar-refractivity contribution is 5.52. The summed E-state index contributed by atoms with van der Waals surface area (Å²) in [7, 11) is 0. The molecule has 0 radical (unpaired) electrons. The second-order valence-corrected chi connectivity index (χ2v) is 2.59. The van der Waals surface area contributed by atoms with Gasteiger partial charge in [0.05, 0.1) is 5.70 Å². The minimum absolute atomic E-state index is 0.409. The Morgan fingerprint density at radius 1 is 1.73 bits per heavy atom. The summed E-state index contributed by atoms with van der Waals surface area (Å²) < 4.78 is 0. The van der Waals surface area contributed by atoms with Crippen molar-refractivity contribution in [3.05, 3.63) is 24.2 Å². The van der Waals surface area contributed by atoms with Crippen LogP contribution in [0, 0.1) is 5.92 Å². The third-order valence-corrected chi connectivity index (χ3v) is 1.85. The van der Waals surface area contributed by atoms with Gasteiger partial charge in [0, 0.05) is 24.9 Å². The zero-order valence-electron chi connectivity index (χ0n) is 5.95. The summed E-state index contributed by atoms with van der Waals surface area (Å²) in [6.07, 6.45) is 6.34. The van der Waals surface area contributed by atoms with Crippen LogP contribution in [0.3, 0.4) is 0 Å². The van der Waals surface area contributed by atoms with E-state index in [0.717, 1.165) is 18.7 Å². The summed E-state index contributed by atoms with van der Waals surface area (Å²) in [5.41, 5.74) is 7.03. The Morgan fingerprint density at radius 3 is 3.45 bits per heavy atom. The van der Waals surface area contributed by atoms with Gasteiger partial charge in [-0.05, 0) is 0 Å². The van der Waals surface area contributed by atoms with E-state index >= 15 is 0 Å². The van der Waals surface area contributed by atoms with E-state index in [1.165, 1.54) is 4.90 Å². The van der Waals surface area contributed by atoms with Crippen LogP contribution < -0.4 is 10.9 Å². The normalized spacial score (nSPS) is 27.5. The van der Waals surface area contributed by atoms with Gasteiger partial charge in [0.2, 0.25) is 6.41 Å². The molecule has 1 amide bonds. The molecule has 2 aliphatic heterocycles. The van der Waals surface area contributed by atoms with Gasteiger partial charge in [0.1, 0.15) is 0 Å². The second-order valence-electron chi connectivity index (χ2n) is 2.59. The zero-order chi connectivity index (χ0) is 7.68. The molecule has 4 heteroatoms. The second kappa shape index (κ2) is 2.39. The van der Waals surface area contributed by atoms with Crippen molar-refractivity contribution in [3.8, 4) is 0 Å². The fourth-order valence-corrected chi connectivity index (χ4v) is 1.24. The number of carbonyl (C=O) groups is 1. The monoisotopic (exact) mass is 151 g/mol. The first-order chi connectivity index (χ1) is 5.40. The maximum atomic E-state index is 10.3. The standard InChI is InChI=1S/C7H9N3O/c11-5-10-2-1-6-3-8-9-7(6)4-10/h1-2,4-6,8-9H,3H2. The van der Waals surface area contributed by atoms with E-state index in [1.54, 1.807) is 12.4 Å². The van der Waals surface area contributed by atoms with Gasteiger partial charge in [-0.2, -0.15) is 0 Å². The summed E-state index contributed by atoms with van der Waals surface area (Å²) in [6, 6.07) is 0. The van der Waals surface area contributed by atoms with E-state index in [0.29, 0.717) is 5.92 Å². The summed E-state index contributed by atoms with van der Waals surface area (Å²) in [5.74, 6) is 0.409. The molecule has 11 heavy (non-hydrogen) atoms. The molecule has 1 unspecified atom stereocenters. The Bertz CT molecular complexity index is 234. The number of nitrogens with one attached hydrogen (secondary N) is 2. The minimum Gasteiger partial charge on any atom is -0.323 e. The lowest BCUT2D eigenvalue weighted by Crippen LogP contribution is -2.22. The van der Waals surface area contributed by atoms with Crippen LogP contribution in [0.15, 0.2) is 24.2 Å². The van der Waals surface area contributed by atoms with Gasteiger partial charge in [0.25, 0.3) is 0 Å². The van der Waals surface area contributed by atoms with Crippen molar-refractivity contribution in [2.45, 2.75) is 0 Å². The lowest BCUT2D eigenvalue weighted by atomic mass is 10.1. The smallest absolute Gasteiger partial charge is 0.217 e. The molecule has 0 aromatic heterocycles. The van der Waals surface area contributed by atoms with Crippen LogP contribution in [-0.2, 0) is 4.79 Å². The number of amides is 1. The van der Waals surface area contributed by atoms with Crippen molar-refractivity contribution in [2.75, 3.05) is 6.54 Å². The Morgan fingerprint density at radius 2 is 2.64 bits per heavy atom. The third-order valence-electron chi connectivity index (χ3n) is 1.85. The van der Waals surface area contributed by atoms with E-state index in [-0.39, 0.29) is 0 Å². The Kier molecular flexibility index (Phi) is 1.40. The van der Waals surface area contributed by atoms with Gasteiger partial charge < -0.3 is 5.43 Å². The van der Waals surface area contributed by atoms with Crippen molar-refractivity contribution in [2.24, 2.45) is 5.92 Å². The molecule has 0 bridgehead atoms. The molecule has 0 saturated carbocycles. The Labute approximate surface area is 64.5 Å². The van der Waals surface area contributed by atoms with Gasteiger partial charge in [-0.25, -0.2) is 5.43 Å².